The summed E-state index contributed by atoms with van der Waals surface area (Å²) >= 11 is 9.76. The lowest BCUT2D eigenvalue weighted by Crippen LogP contribution is -2.30. The Labute approximate surface area is 210 Å². The molecule has 1 heterocycles. The van der Waals surface area contributed by atoms with E-state index in [1.165, 1.54) is 6.21 Å². The van der Waals surface area contributed by atoms with Gasteiger partial charge in [0.25, 0.3) is 11.8 Å². The average Bonchev–Trinajstić information content (AvgIpc) is 3.43. The molecule has 2 saturated carbocycles. The van der Waals surface area contributed by atoms with Crippen LogP contribution in [-0.2, 0) is 16.2 Å². The number of imide groups is 1. The average molecular weight is 542 g/mol. The standard InChI is InChI=1S/C26H22BrClN2O4/c1-33-20-11-14(10-18(27)23(20)34-13-15-4-2-3-5-19(15)28)12-29-30-24(31)21-16-6-7-17(22(21)25(30)32)26(16)8-9-26/h2-7,10-12,16-17,21-22H,8-9,13H2,1H3/b29-12-/t16-,17-,21-,22+/m1/s1. The summed E-state index contributed by atoms with van der Waals surface area (Å²) in [5, 5.41) is 6.00. The number of carbonyl (C=O) groups is 2. The van der Waals surface area contributed by atoms with Crippen LogP contribution in [0, 0.1) is 29.1 Å². The second-order valence-corrected chi connectivity index (χ2v) is 10.6. The molecule has 4 atom stereocenters. The van der Waals surface area contributed by atoms with E-state index in [9.17, 15) is 9.59 Å². The number of nitrogens with zero attached hydrogens (tertiary/aromatic N) is 2. The van der Waals surface area contributed by atoms with Crippen molar-refractivity contribution in [3.8, 4) is 11.5 Å². The first-order valence-corrected chi connectivity index (χ1v) is 12.5. The van der Waals surface area contributed by atoms with Crippen molar-refractivity contribution >= 4 is 45.6 Å². The van der Waals surface area contributed by atoms with Gasteiger partial charge in [0.2, 0.25) is 0 Å². The van der Waals surface area contributed by atoms with Crippen molar-refractivity contribution in [1.29, 1.82) is 0 Å². The van der Waals surface area contributed by atoms with Crippen LogP contribution in [0.3, 0.4) is 0 Å². The predicted molar refractivity (Wildman–Crippen MR) is 131 cm³/mol. The van der Waals surface area contributed by atoms with Gasteiger partial charge in [0.05, 0.1) is 29.6 Å². The highest BCUT2D eigenvalue weighted by Gasteiger charge is 2.73. The number of amides is 2. The monoisotopic (exact) mass is 540 g/mol. The summed E-state index contributed by atoms with van der Waals surface area (Å²) in [7, 11) is 1.55. The first kappa shape index (κ1) is 21.9. The molecule has 0 aromatic heterocycles. The molecule has 0 unspecified atom stereocenters. The van der Waals surface area contributed by atoms with E-state index in [2.05, 4.69) is 33.2 Å². The maximum Gasteiger partial charge on any atom is 0.254 e. The number of allylic oxidation sites excluding steroid dienone is 2. The van der Waals surface area contributed by atoms with E-state index >= 15 is 0 Å². The van der Waals surface area contributed by atoms with Crippen molar-refractivity contribution in [3.63, 3.8) is 0 Å². The highest BCUT2D eigenvalue weighted by atomic mass is 79.9. The summed E-state index contributed by atoms with van der Waals surface area (Å²) in [6, 6.07) is 11.0. The fourth-order valence-corrected chi connectivity index (χ4v) is 6.79. The fourth-order valence-electron chi connectivity index (χ4n) is 6.02. The zero-order valence-electron chi connectivity index (χ0n) is 18.4. The lowest BCUT2D eigenvalue weighted by atomic mass is 9.85. The smallest absolute Gasteiger partial charge is 0.254 e. The number of hydrogen-bond donors (Lipinski definition) is 0. The third-order valence-corrected chi connectivity index (χ3v) is 8.69. The van der Waals surface area contributed by atoms with Gasteiger partial charge < -0.3 is 9.47 Å². The van der Waals surface area contributed by atoms with Crippen LogP contribution >= 0.6 is 27.5 Å². The van der Waals surface area contributed by atoms with Crippen LogP contribution in [0.25, 0.3) is 0 Å². The summed E-state index contributed by atoms with van der Waals surface area (Å²) in [6.45, 7) is 0.277. The van der Waals surface area contributed by atoms with Crippen LogP contribution in [-0.4, -0.2) is 30.1 Å². The van der Waals surface area contributed by atoms with E-state index < -0.39 is 0 Å². The maximum atomic E-state index is 13.1. The molecular formula is C26H22BrClN2O4. The topological polar surface area (TPSA) is 68.2 Å². The molecule has 2 amide bonds. The molecule has 2 bridgehead atoms. The van der Waals surface area contributed by atoms with Gasteiger partial charge in [0.1, 0.15) is 6.61 Å². The molecule has 1 aliphatic heterocycles. The van der Waals surface area contributed by atoms with Crippen molar-refractivity contribution in [2.24, 2.45) is 34.2 Å². The zero-order valence-corrected chi connectivity index (χ0v) is 20.8. The molecular weight excluding hydrogens is 520 g/mol. The van der Waals surface area contributed by atoms with Crippen LogP contribution in [0.2, 0.25) is 5.02 Å². The number of fused-ring (bicyclic) bond motifs is 3. The molecule has 8 heteroatoms. The van der Waals surface area contributed by atoms with E-state index in [4.69, 9.17) is 21.1 Å². The highest BCUT2D eigenvalue weighted by Crippen LogP contribution is 2.73. The Balaban J connectivity index is 1.21. The number of halogens is 2. The number of ether oxygens (including phenoxy) is 2. The number of benzene rings is 2. The van der Waals surface area contributed by atoms with Gasteiger partial charge in [-0.1, -0.05) is 42.0 Å². The summed E-state index contributed by atoms with van der Waals surface area (Å²) in [5.74, 6) is 0.510. The molecule has 0 radical (unpaired) electrons. The molecule has 34 heavy (non-hydrogen) atoms. The molecule has 2 aromatic rings. The summed E-state index contributed by atoms with van der Waals surface area (Å²) in [6.07, 6.45) is 8.06. The molecule has 1 spiro atoms. The third kappa shape index (κ3) is 3.17. The minimum atomic E-state index is -0.260. The van der Waals surface area contributed by atoms with E-state index in [0.717, 1.165) is 23.4 Å². The van der Waals surface area contributed by atoms with Gasteiger partial charge in [-0.3, -0.25) is 9.59 Å². The van der Waals surface area contributed by atoms with Crippen LogP contribution in [0.15, 0.2) is 58.1 Å². The van der Waals surface area contributed by atoms with Gasteiger partial charge in [-0.2, -0.15) is 10.1 Å². The first-order valence-electron chi connectivity index (χ1n) is 11.3. The highest BCUT2D eigenvalue weighted by molar-refractivity contribution is 9.10. The van der Waals surface area contributed by atoms with Crippen molar-refractivity contribution in [2.75, 3.05) is 7.11 Å². The van der Waals surface area contributed by atoms with Gasteiger partial charge in [-0.15, -0.1) is 0 Å². The van der Waals surface area contributed by atoms with Crippen LogP contribution in [0.5, 0.6) is 11.5 Å². The maximum absolute atomic E-state index is 13.1. The quantitative estimate of drug-likeness (QED) is 0.286. The molecule has 2 aromatic carbocycles. The van der Waals surface area contributed by atoms with E-state index in [-0.39, 0.29) is 47.5 Å². The molecule has 6 nitrogen and oxygen atoms in total. The number of hydrogen-bond acceptors (Lipinski definition) is 5. The van der Waals surface area contributed by atoms with Crippen molar-refractivity contribution in [3.05, 3.63) is 69.2 Å². The van der Waals surface area contributed by atoms with Crippen LogP contribution < -0.4 is 9.47 Å². The Bertz CT molecular complexity index is 1240. The number of rotatable bonds is 6. The SMILES string of the molecule is COc1cc(/C=N\N2C(=O)[C@@H]3[C@H](C2=O)[C@H]2C=C[C@H]3C23CC3)cc(Br)c1OCc1ccccc1Cl. The van der Waals surface area contributed by atoms with Crippen molar-refractivity contribution in [1.82, 2.24) is 5.01 Å². The molecule has 3 aliphatic carbocycles. The lowest BCUT2D eigenvalue weighted by Gasteiger charge is -2.18. The normalized spacial score (nSPS) is 27.8. The minimum Gasteiger partial charge on any atom is -0.493 e. The predicted octanol–water partition coefficient (Wildman–Crippen LogP) is 5.22. The minimum absolute atomic E-state index is 0.175. The largest absolute Gasteiger partial charge is 0.493 e. The van der Waals surface area contributed by atoms with Crippen molar-refractivity contribution < 1.29 is 19.1 Å². The fraction of sp³-hybridized carbons (Fsp3) is 0.346. The Kier molecular flexibility index (Phi) is 5.12. The van der Waals surface area contributed by atoms with Gasteiger partial charge in [0, 0.05) is 10.6 Å². The molecule has 4 aliphatic rings. The second-order valence-electron chi connectivity index (χ2n) is 9.37. The van der Waals surface area contributed by atoms with Gasteiger partial charge in [0.15, 0.2) is 11.5 Å². The molecule has 3 fully saturated rings. The number of carbonyl (C=O) groups excluding carboxylic acids is 2. The summed E-state index contributed by atoms with van der Waals surface area (Å²) in [4.78, 5) is 26.2. The third-order valence-electron chi connectivity index (χ3n) is 7.73. The summed E-state index contributed by atoms with van der Waals surface area (Å²) in [5.41, 5.74) is 1.71. The van der Waals surface area contributed by atoms with Gasteiger partial charge in [-0.05, 0) is 69.8 Å². The Morgan fingerprint density at radius 3 is 2.44 bits per heavy atom. The summed E-state index contributed by atoms with van der Waals surface area (Å²) < 4.78 is 12.2. The van der Waals surface area contributed by atoms with Gasteiger partial charge in [-0.25, -0.2) is 0 Å². The van der Waals surface area contributed by atoms with Crippen LogP contribution in [0.4, 0.5) is 0 Å². The van der Waals surface area contributed by atoms with Crippen LogP contribution in [0.1, 0.15) is 24.0 Å². The molecule has 6 rings (SSSR count). The lowest BCUT2D eigenvalue weighted by molar-refractivity contribution is -0.141. The van der Waals surface area contributed by atoms with Crippen molar-refractivity contribution in [2.45, 2.75) is 19.4 Å². The first-order chi connectivity index (χ1) is 16.4. The Morgan fingerprint density at radius 1 is 1.15 bits per heavy atom. The Morgan fingerprint density at radius 2 is 1.82 bits per heavy atom. The van der Waals surface area contributed by atoms with E-state index in [0.29, 0.717) is 26.6 Å². The second kappa shape index (κ2) is 7.95. The number of methoxy groups -OCH3 is 1. The van der Waals surface area contributed by atoms with E-state index in [1.807, 2.05) is 30.3 Å². The zero-order chi connectivity index (χ0) is 23.6. The molecule has 0 N–H and O–H groups in total. The molecule has 174 valence electrons. The number of hydrazone groups is 1. The van der Waals surface area contributed by atoms with Gasteiger partial charge >= 0.3 is 0 Å². The van der Waals surface area contributed by atoms with E-state index in [1.54, 1.807) is 13.2 Å². The molecule has 1 saturated heterocycles. The Hall–Kier alpha value is -2.64.